The van der Waals surface area contributed by atoms with Crippen LogP contribution in [0.3, 0.4) is 0 Å². The second kappa shape index (κ2) is 5.72. The Bertz CT molecular complexity index is 721. The van der Waals surface area contributed by atoms with Crippen molar-refractivity contribution in [2.24, 2.45) is 0 Å². The minimum Gasteiger partial charge on any atom is -0.372 e. The van der Waals surface area contributed by atoms with Crippen LogP contribution < -0.4 is 10.2 Å². The molecule has 1 aliphatic rings. The molecule has 0 unspecified atom stereocenters. The van der Waals surface area contributed by atoms with E-state index in [0.29, 0.717) is 0 Å². The summed E-state index contributed by atoms with van der Waals surface area (Å²) in [5.74, 6) is 0.784. The van der Waals surface area contributed by atoms with Gasteiger partial charge in [0.25, 0.3) is 0 Å². The molecule has 1 fully saturated rings. The molecule has 2 N–H and O–H groups in total. The van der Waals surface area contributed by atoms with E-state index < -0.39 is 0 Å². The second-order valence-electron chi connectivity index (χ2n) is 5.82. The van der Waals surface area contributed by atoms with Gasteiger partial charge in [0.05, 0.1) is 11.0 Å². The average Bonchev–Trinajstić information content (AvgIpc) is 2.98. The van der Waals surface area contributed by atoms with Gasteiger partial charge in [-0.15, -0.1) is 0 Å². The lowest BCUT2D eigenvalue weighted by Gasteiger charge is -2.28. The van der Waals surface area contributed by atoms with Crippen LogP contribution in [-0.4, -0.2) is 23.1 Å². The number of rotatable bonds is 3. The maximum atomic E-state index is 4.54. The van der Waals surface area contributed by atoms with Crippen LogP contribution in [0.2, 0.25) is 0 Å². The van der Waals surface area contributed by atoms with Gasteiger partial charge in [0, 0.05) is 24.5 Å². The van der Waals surface area contributed by atoms with Crippen LogP contribution in [-0.2, 0) is 0 Å². The molecule has 1 aromatic heterocycles. The highest BCUT2D eigenvalue weighted by atomic mass is 15.1. The smallest absolute Gasteiger partial charge is 0.205 e. The molecule has 1 saturated heterocycles. The summed E-state index contributed by atoms with van der Waals surface area (Å²) in [7, 11) is 0. The number of piperidine rings is 1. The first-order valence-electron chi connectivity index (χ1n) is 7.95. The number of aromatic nitrogens is 2. The van der Waals surface area contributed by atoms with Crippen LogP contribution in [0.4, 0.5) is 17.3 Å². The number of nitrogens with zero attached hydrogens (tertiary/aromatic N) is 2. The fraction of sp³-hybridized carbons (Fsp3) is 0.278. The molecule has 2 heterocycles. The van der Waals surface area contributed by atoms with E-state index in [9.17, 15) is 0 Å². The predicted octanol–water partition coefficient (Wildman–Crippen LogP) is 4.30. The molecule has 4 nitrogen and oxygen atoms in total. The van der Waals surface area contributed by atoms with Crippen LogP contribution in [0.15, 0.2) is 48.5 Å². The van der Waals surface area contributed by atoms with E-state index in [2.05, 4.69) is 44.5 Å². The topological polar surface area (TPSA) is 44.0 Å². The molecule has 0 radical (unpaired) electrons. The van der Waals surface area contributed by atoms with Gasteiger partial charge < -0.3 is 15.2 Å². The van der Waals surface area contributed by atoms with E-state index in [1.807, 2.05) is 24.3 Å². The third kappa shape index (κ3) is 2.64. The zero-order valence-corrected chi connectivity index (χ0v) is 12.5. The number of H-pyrrole nitrogens is 1. The molecule has 4 rings (SSSR count). The van der Waals surface area contributed by atoms with Gasteiger partial charge in [-0.2, -0.15) is 0 Å². The molecule has 3 aromatic rings. The summed E-state index contributed by atoms with van der Waals surface area (Å²) < 4.78 is 0. The van der Waals surface area contributed by atoms with Crippen molar-refractivity contribution in [3.63, 3.8) is 0 Å². The van der Waals surface area contributed by atoms with Crippen molar-refractivity contribution >= 4 is 28.4 Å². The third-order valence-electron chi connectivity index (χ3n) is 4.24. The Morgan fingerprint density at radius 1 is 0.909 bits per heavy atom. The molecule has 0 atom stereocenters. The second-order valence-corrected chi connectivity index (χ2v) is 5.82. The van der Waals surface area contributed by atoms with E-state index >= 15 is 0 Å². The fourth-order valence-corrected chi connectivity index (χ4v) is 3.06. The normalized spacial score (nSPS) is 15.2. The summed E-state index contributed by atoms with van der Waals surface area (Å²) in [6.07, 6.45) is 3.97. The molecular formula is C18H20N4. The minimum atomic E-state index is 0.784. The first kappa shape index (κ1) is 13.2. The summed E-state index contributed by atoms with van der Waals surface area (Å²) in [6.45, 7) is 2.35. The van der Waals surface area contributed by atoms with Crippen LogP contribution in [0.5, 0.6) is 0 Å². The van der Waals surface area contributed by atoms with Crippen molar-refractivity contribution in [1.82, 2.24) is 9.97 Å². The van der Waals surface area contributed by atoms with Crippen molar-refractivity contribution in [2.75, 3.05) is 23.3 Å². The molecule has 2 aromatic carbocycles. The molecule has 0 bridgehead atoms. The molecule has 112 valence electrons. The van der Waals surface area contributed by atoms with E-state index in [4.69, 9.17) is 0 Å². The lowest BCUT2D eigenvalue weighted by atomic mass is 10.1. The Morgan fingerprint density at radius 2 is 1.68 bits per heavy atom. The maximum Gasteiger partial charge on any atom is 0.205 e. The number of aromatic amines is 1. The van der Waals surface area contributed by atoms with Gasteiger partial charge in [-0.05, 0) is 55.7 Å². The van der Waals surface area contributed by atoms with Gasteiger partial charge in [-0.25, -0.2) is 4.98 Å². The Morgan fingerprint density at radius 3 is 2.45 bits per heavy atom. The first-order chi connectivity index (χ1) is 10.9. The Hall–Kier alpha value is -2.49. The maximum absolute atomic E-state index is 4.54. The highest BCUT2D eigenvalue weighted by Crippen LogP contribution is 2.23. The van der Waals surface area contributed by atoms with Crippen LogP contribution >= 0.6 is 0 Å². The number of imidazole rings is 1. The zero-order chi connectivity index (χ0) is 14.8. The predicted molar refractivity (Wildman–Crippen MR) is 91.9 cm³/mol. The molecular weight excluding hydrogens is 272 g/mol. The first-order valence-corrected chi connectivity index (χ1v) is 7.95. The highest BCUT2D eigenvalue weighted by molar-refractivity contribution is 5.78. The van der Waals surface area contributed by atoms with Gasteiger partial charge in [0.2, 0.25) is 5.95 Å². The lowest BCUT2D eigenvalue weighted by molar-refractivity contribution is 0.578. The number of nitrogens with one attached hydrogen (secondary N) is 2. The molecule has 0 aliphatic carbocycles. The van der Waals surface area contributed by atoms with Crippen molar-refractivity contribution < 1.29 is 0 Å². The van der Waals surface area contributed by atoms with Crippen LogP contribution in [0, 0.1) is 0 Å². The molecule has 4 heteroatoms. The van der Waals surface area contributed by atoms with Crippen molar-refractivity contribution in [3.05, 3.63) is 48.5 Å². The highest BCUT2D eigenvalue weighted by Gasteiger charge is 2.10. The Kier molecular flexibility index (Phi) is 3.43. The number of anilines is 3. The van der Waals surface area contributed by atoms with E-state index in [1.165, 1.54) is 38.0 Å². The van der Waals surface area contributed by atoms with Gasteiger partial charge >= 0.3 is 0 Å². The Labute approximate surface area is 130 Å². The van der Waals surface area contributed by atoms with Crippen LogP contribution in [0.25, 0.3) is 11.0 Å². The summed E-state index contributed by atoms with van der Waals surface area (Å²) in [5.41, 5.74) is 4.40. The van der Waals surface area contributed by atoms with E-state index in [0.717, 1.165) is 22.7 Å². The largest absolute Gasteiger partial charge is 0.372 e. The summed E-state index contributed by atoms with van der Waals surface area (Å²) in [4.78, 5) is 10.3. The minimum absolute atomic E-state index is 0.784. The Balaban J connectivity index is 1.50. The average molecular weight is 292 g/mol. The molecule has 22 heavy (non-hydrogen) atoms. The molecule has 0 spiro atoms. The SMILES string of the molecule is c1ccc2[nH]c(Nc3ccc(N4CCCCC4)cc3)nc2c1. The summed E-state index contributed by atoms with van der Waals surface area (Å²) >= 11 is 0. The monoisotopic (exact) mass is 292 g/mol. The quantitative estimate of drug-likeness (QED) is 0.756. The van der Waals surface area contributed by atoms with Crippen molar-refractivity contribution in [3.8, 4) is 0 Å². The number of hydrogen-bond acceptors (Lipinski definition) is 3. The number of hydrogen-bond donors (Lipinski definition) is 2. The third-order valence-corrected chi connectivity index (χ3v) is 4.24. The molecule has 1 aliphatic heterocycles. The van der Waals surface area contributed by atoms with E-state index in [1.54, 1.807) is 0 Å². The van der Waals surface area contributed by atoms with Gasteiger partial charge in [0.15, 0.2) is 0 Å². The zero-order valence-electron chi connectivity index (χ0n) is 12.5. The van der Waals surface area contributed by atoms with Gasteiger partial charge in [-0.1, -0.05) is 12.1 Å². The van der Waals surface area contributed by atoms with E-state index in [-0.39, 0.29) is 0 Å². The summed E-state index contributed by atoms with van der Waals surface area (Å²) in [6, 6.07) is 16.7. The number of para-hydroxylation sites is 2. The molecule has 0 saturated carbocycles. The van der Waals surface area contributed by atoms with Crippen molar-refractivity contribution in [1.29, 1.82) is 0 Å². The van der Waals surface area contributed by atoms with Gasteiger partial charge in [-0.3, -0.25) is 0 Å². The fourth-order valence-electron chi connectivity index (χ4n) is 3.06. The van der Waals surface area contributed by atoms with Crippen LogP contribution in [0.1, 0.15) is 19.3 Å². The lowest BCUT2D eigenvalue weighted by Crippen LogP contribution is -2.29. The molecule has 0 amide bonds. The van der Waals surface area contributed by atoms with Crippen molar-refractivity contribution in [2.45, 2.75) is 19.3 Å². The number of benzene rings is 2. The summed E-state index contributed by atoms with van der Waals surface area (Å²) in [5, 5.41) is 3.34. The van der Waals surface area contributed by atoms with Gasteiger partial charge in [0.1, 0.15) is 0 Å². The standard InChI is InChI=1S/C18H20N4/c1-4-12-22(13-5-1)15-10-8-14(9-11-15)19-18-20-16-6-2-3-7-17(16)21-18/h2-3,6-11H,1,4-5,12-13H2,(H2,19,20,21). The number of fused-ring (bicyclic) bond motifs is 1.